The van der Waals surface area contributed by atoms with E-state index in [1.165, 1.54) is 0 Å². The summed E-state index contributed by atoms with van der Waals surface area (Å²) in [6, 6.07) is 5.26. The number of nitriles is 1. The van der Waals surface area contributed by atoms with Crippen LogP contribution in [0.4, 0.5) is 0 Å². The second-order valence-corrected chi connectivity index (χ2v) is 5.43. The third-order valence-electron chi connectivity index (χ3n) is 2.88. The number of aryl methyl sites for hydroxylation is 3. The van der Waals surface area contributed by atoms with Gasteiger partial charge in [-0.15, -0.1) is 11.3 Å². The summed E-state index contributed by atoms with van der Waals surface area (Å²) in [6.07, 6.45) is 0. The van der Waals surface area contributed by atoms with Crippen molar-refractivity contribution in [2.75, 3.05) is 0 Å². The molecule has 2 aromatic rings. The third kappa shape index (κ3) is 2.20. The lowest BCUT2D eigenvalue weighted by atomic mass is 10.2. The molecular formula is C13H13N3OS. The van der Waals surface area contributed by atoms with Crippen molar-refractivity contribution >= 4 is 11.3 Å². The molecule has 0 N–H and O–H groups in total. The SMILES string of the molecule is Cc1nc(Cn2c(C)ccc(C#N)c2=O)sc1C. The first kappa shape index (κ1) is 12.5. The molecule has 2 rings (SSSR count). The normalized spacial score (nSPS) is 10.3. The lowest BCUT2D eigenvalue weighted by Gasteiger charge is -2.07. The van der Waals surface area contributed by atoms with Gasteiger partial charge in [-0.3, -0.25) is 4.79 Å². The standard InChI is InChI=1S/C13H13N3OS/c1-8-4-5-11(6-14)13(17)16(8)7-12-15-9(2)10(3)18-12/h4-5H,7H2,1-3H3. The lowest BCUT2D eigenvalue weighted by Crippen LogP contribution is -2.24. The first-order valence-corrected chi connectivity index (χ1v) is 6.38. The molecule has 0 saturated heterocycles. The number of aromatic nitrogens is 2. The van der Waals surface area contributed by atoms with E-state index in [1.807, 2.05) is 26.8 Å². The Morgan fingerprint density at radius 3 is 2.67 bits per heavy atom. The Labute approximate surface area is 109 Å². The van der Waals surface area contributed by atoms with Crippen molar-refractivity contribution in [3.8, 4) is 6.07 Å². The maximum absolute atomic E-state index is 12.0. The van der Waals surface area contributed by atoms with Gasteiger partial charge in [0.15, 0.2) is 0 Å². The molecule has 0 spiro atoms. The van der Waals surface area contributed by atoms with E-state index in [9.17, 15) is 4.79 Å². The fourth-order valence-electron chi connectivity index (χ4n) is 1.69. The molecule has 0 aliphatic rings. The maximum Gasteiger partial charge on any atom is 0.269 e. The largest absolute Gasteiger partial charge is 0.305 e. The van der Waals surface area contributed by atoms with Crippen LogP contribution < -0.4 is 5.56 Å². The topological polar surface area (TPSA) is 58.7 Å². The van der Waals surface area contributed by atoms with Gasteiger partial charge in [0.2, 0.25) is 0 Å². The Morgan fingerprint density at radius 2 is 2.11 bits per heavy atom. The summed E-state index contributed by atoms with van der Waals surface area (Å²) in [4.78, 5) is 17.6. The summed E-state index contributed by atoms with van der Waals surface area (Å²) in [7, 11) is 0. The quantitative estimate of drug-likeness (QED) is 0.830. The molecule has 2 heterocycles. The molecule has 0 unspecified atom stereocenters. The van der Waals surface area contributed by atoms with Crippen LogP contribution in [0.15, 0.2) is 16.9 Å². The predicted octanol–water partition coefficient (Wildman–Crippen LogP) is 2.15. The highest BCUT2D eigenvalue weighted by atomic mass is 32.1. The van der Waals surface area contributed by atoms with Gasteiger partial charge in [0.25, 0.3) is 5.56 Å². The molecule has 0 fully saturated rings. The van der Waals surface area contributed by atoms with E-state index >= 15 is 0 Å². The van der Waals surface area contributed by atoms with Crippen LogP contribution in [-0.2, 0) is 6.54 Å². The number of pyridine rings is 1. The highest BCUT2D eigenvalue weighted by Gasteiger charge is 2.09. The summed E-state index contributed by atoms with van der Waals surface area (Å²) in [5, 5.41) is 9.77. The fraction of sp³-hybridized carbons (Fsp3) is 0.308. The lowest BCUT2D eigenvalue weighted by molar-refractivity contribution is 0.721. The minimum Gasteiger partial charge on any atom is -0.305 e. The second kappa shape index (κ2) is 4.75. The number of nitrogens with zero attached hydrogens (tertiary/aromatic N) is 3. The van der Waals surface area contributed by atoms with Crippen molar-refractivity contribution in [3.63, 3.8) is 0 Å². The molecule has 4 nitrogen and oxygen atoms in total. The van der Waals surface area contributed by atoms with Crippen LogP contribution in [0.2, 0.25) is 0 Å². The Hall–Kier alpha value is -1.93. The fourth-order valence-corrected chi connectivity index (χ4v) is 2.62. The Morgan fingerprint density at radius 1 is 1.39 bits per heavy atom. The Bertz CT molecular complexity index is 672. The van der Waals surface area contributed by atoms with Crippen molar-refractivity contribution in [2.45, 2.75) is 27.3 Å². The predicted molar refractivity (Wildman–Crippen MR) is 70.8 cm³/mol. The Kier molecular flexibility index (Phi) is 3.30. The van der Waals surface area contributed by atoms with Crippen LogP contribution in [0.3, 0.4) is 0 Å². The molecule has 0 radical (unpaired) electrons. The summed E-state index contributed by atoms with van der Waals surface area (Å²) in [5.74, 6) is 0. The monoisotopic (exact) mass is 259 g/mol. The van der Waals surface area contributed by atoms with Gasteiger partial charge in [0, 0.05) is 10.6 Å². The highest BCUT2D eigenvalue weighted by Crippen LogP contribution is 2.17. The van der Waals surface area contributed by atoms with E-state index in [-0.39, 0.29) is 11.1 Å². The van der Waals surface area contributed by atoms with E-state index < -0.39 is 0 Å². The van der Waals surface area contributed by atoms with Gasteiger partial charge >= 0.3 is 0 Å². The number of rotatable bonds is 2. The van der Waals surface area contributed by atoms with Crippen LogP contribution in [0.5, 0.6) is 0 Å². The van der Waals surface area contributed by atoms with Gasteiger partial charge in [0.05, 0.1) is 12.2 Å². The number of thiazole rings is 1. The first-order valence-electron chi connectivity index (χ1n) is 5.56. The maximum atomic E-state index is 12.0. The summed E-state index contributed by atoms with van der Waals surface area (Å²) >= 11 is 1.59. The molecule has 0 amide bonds. The average Bonchev–Trinajstić information content (AvgIpc) is 2.64. The number of hydrogen-bond acceptors (Lipinski definition) is 4. The zero-order chi connectivity index (χ0) is 13.3. The van der Waals surface area contributed by atoms with E-state index in [1.54, 1.807) is 28.0 Å². The van der Waals surface area contributed by atoms with Crippen LogP contribution in [0.1, 0.15) is 26.8 Å². The second-order valence-electron chi connectivity index (χ2n) is 4.14. The van der Waals surface area contributed by atoms with E-state index in [0.29, 0.717) is 6.54 Å². The smallest absolute Gasteiger partial charge is 0.269 e. The van der Waals surface area contributed by atoms with Crippen LogP contribution in [0.25, 0.3) is 0 Å². The zero-order valence-corrected chi connectivity index (χ0v) is 11.3. The molecule has 5 heteroatoms. The molecule has 92 valence electrons. The summed E-state index contributed by atoms with van der Waals surface area (Å²) in [6.45, 7) is 6.25. The van der Waals surface area contributed by atoms with Crippen LogP contribution >= 0.6 is 11.3 Å². The van der Waals surface area contributed by atoms with Crippen LogP contribution in [0, 0.1) is 32.1 Å². The molecule has 0 aliphatic carbocycles. The zero-order valence-electron chi connectivity index (χ0n) is 10.5. The molecular weight excluding hydrogens is 246 g/mol. The van der Waals surface area contributed by atoms with Gasteiger partial charge in [-0.1, -0.05) is 0 Å². The van der Waals surface area contributed by atoms with Gasteiger partial charge in [-0.2, -0.15) is 5.26 Å². The van der Waals surface area contributed by atoms with Gasteiger partial charge < -0.3 is 4.57 Å². The van der Waals surface area contributed by atoms with Crippen molar-refractivity contribution in [1.29, 1.82) is 5.26 Å². The van der Waals surface area contributed by atoms with Gasteiger partial charge in [0.1, 0.15) is 16.6 Å². The molecule has 0 bridgehead atoms. The van der Waals surface area contributed by atoms with E-state index in [2.05, 4.69) is 4.98 Å². The average molecular weight is 259 g/mol. The minimum absolute atomic E-state index is 0.172. The molecule has 0 atom stereocenters. The van der Waals surface area contributed by atoms with Crippen molar-refractivity contribution in [3.05, 3.63) is 49.3 Å². The number of hydrogen-bond donors (Lipinski definition) is 0. The van der Waals surface area contributed by atoms with Gasteiger partial charge in [-0.25, -0.2) is 4.98 Å². The van der Waals surface area contributed by atoms with E-state index in [0.717, 1.165) is 21.3 Å². The highest BCUT2D eigenvalue weighted by molar-refractivity contribution is 7.11. The molecule has 0 aliphatic heterocycles. The molecule has 18 heavy (non-hydrogen) atoms. The van der Waals surface area contributed by atoms with Crippen LogP contribution in [-0.4, -0.2) is 9.55 Å². The molecule has 2 aromatic heterocycles. The molecule has 0 saturated carbocycles. The summed E-state index contributed by atoms with van der Waals surface area (Å²) in [5.41, 5.74) is 1.76. The third-order valence-corrected chi connectivity index (χ3v) is 3.94. The minimum atomic E-state index is -0.247. The van der Waals surface area contributed by atoms with Crippen molar-refractivity contribution < 1.29 is 0 Å². The van der Waals surface area contributed by atoms with Crippen molar-refractivity contribution in [2.24, 2.45) is 0 Å². The van der Waals surface area contributed by atoms with Gasteiger partial charge in [-0.05, 0) is 32.9 Å². The summed E-state index contributed by atoms with van der Waals surface area (Å²) < 4.78 is 1.59. The Balaban J connectivity index is 2.46. The van der Waals surface area contributed by atoms with E-state index in [4.69, 9.17) is 5.26 Å². The molecule has 0 aromatic carbocycles. The first-order chi connectivity index (χ1) is 8.52. The van der Waals surface area contributed by atoms with Crippen molar-refractivity contribution in [1.82, 2.24) is 9.55 Å².